The predicted octanol–water partition coefficient (Wildman–Crippen LogP) is 4.95. The summed E-state index contributed by atoms with van der Waals surface area (Å²) in [5, 5.41) is 2.18. The van der Waals surface area contributed by atoms with Gasteiger partial charge in [-0.15, -0.1) is 0 Å². The van der Waals surface area contributed by atoms with Crippen LogP contribution in [0, 0.1) is 0 Å². The van der Waals surface area contributed by atoms with Crippen molar-refractivity contribution < 1.29 is 28.0 Å². The molecule has 0 aliphatic rings. The van der Waals surface area contributed by atoms with E-state index in [2.05, 4.69) is 6.92 Å². The van der Waals surface area contributed by atoms with E-state index in [1.54, 1.807) is 0 Å². The molecule has 0 heterocycles. The topological polar surface area (TPSA) is 74.2 Å². The van der Waals surface area contributed by atoms with E-state index in [-0.39, 0.29) is 19.8 Å². The Labute approximate surface area is 161 Å². The fraction of sp³-hybridized carbons (Fsp3) is 0.500. The van der Waals surface area contributed by atoms with E-state index in [4.69, 9.17) is 18.5 Å². The molecule has 1 N–H and O–H groups in total. The van der Waals surface area contributed by atoms with Gasteiger partial charge in [0.05, 0.1) is 26.4 Å². The zero-order chi connectivity index (χ0) is 19.4. The molecule has 0 saturated carbocycles. The van der Waals surface area contributed by atoms with Crippen LogP contribution in [0.5, 0.6) is 5.75 Å². The minimum absolute atomic E-state index is 0.00297. The van der Waals surface area contributed by atoms with Gasteiger partial charge in [0.15, 0.2) is 0 Å². The molecule has 1 atom stereocenters. The summed E-state index contributed by atoms with van der Waals surface area (Å²) in [5.41, 5.74) is 0. The van der Waals surface area contributed by atoms with Crippen LogP contribution < -0.4 is 4.74 Å². The average molecular weight is 396 g/mol. The monoisotopic (exact) mass is 396 g/mol. The molecule has 0 aliphatic carbocycles. The molecule has 0 radical (unpaired) electrons. The largest absolute Gasteiger partial charge is 0.491 e. The van der Waals surface area contributed by atoms with Gasteiger partial charge in [0.25, 0.3) is 0 Å². The number of ether oxygens (including phenoxy) is 2. The molecule has 2 aromatic rings. The standard InChI is InChI=1S/C20H29O6P/c1-2-3-4-7-13-25-27(21,22)26-17-15-23-14-16-24-20-12-8-10-18-9-5-6-11-19(18)20/h5-6,8-12H,2-4,7,13-17H2,1H3,(H,21,22). The summed E-state index contributed by atoms with van der Waals surface area (Å²) in [6.07, 6.45) is 3.93. The predicted molar refractivity (Wildman–Crippen MR) is 106 cm³/mol. The van der Waals surface area contributed by atoms with Gasteiger partial charge in [-0.2, -0.15) is 0 Å². The van der Waals surface area contributed by atoms with Crippen LogP contribution in [-0.4, -0.2) is 37.9 Å². The first kappa shape index (κ1) is 21.9. The third kappa shape index (κ3) is 8.41. The summed E-state index contributed by atoms with van der Waals surface area (Å²) in [6, 6.07) is 13.9. The summed E-state index contributed by atoms with van der Waals surface area (Å²) in [6.45, 7) is 3.28. The van der Waals surface area contributed by atoms with Crippen molar-refractivity contribution >= 4 is 18.6 Å². The van der Waals surface area contributed by atoms with Crippen LogP contribution in [0.1, 0.15) is 32.6 Å². The molecule has 150 valence electrons. The van der Waals surface area contributed by atoms with E-state index in [9.17, 15) is 9.46 Å². The molecule has 6 nitrogen and oxygen atoms in total. The number of unbranched alkanes of at least 4 members (excludes halogenated alkanes) is 3. The Morgan fingerprint density at radius 1 is 0.852 bits per heavy atom. The lowest BCUT2D eigenvalue weighted by molar-refractivity contribution is 0.0610. The smallest absolute Gasteiger partial charge is 0.472 e. The molecule has 0 amide bonds. The van der Waals surface area contributed by atoms with E-state index in [1.165, 1.54) is 0 Å². The number of hydrogen-bond donors (Lipinski definition) is 1. The fourth-order valence-corrected chi connectivity index (χ4v) is 3.33. The minimum Gasteiger partial charge on any atom is -0.491 e. The maximum atomic E-state index is 11.7. The van der Waals surface area contributed by atoms with Crippen LogP contribution in [0.2, 0.25) is 0 Å². The molecule has 0 aromatic heterocycles. The highest BCUT2D eigenvalue weighted by Gasteiger charge is 2.20. The number of hydrogen-bond acceptors (Lipinski definition) is 5. The number of fused-ring (bicyclic) bond motifs is 1. The molecule has 0 saturated heterocycles. The molecule has 2 aromatic carbocycles. The quantitative estimate of drug-likeness (QED) is 0.360. The summed E-state index contributed by atoms with van der Waals surface area (Å²) in [5.74, 6) is 0.810. The van der Waals surface area contributed by atoms with Gasteiger partial charge in [0, 0.05) is 5.39 Å². The second-order valence-electron chi connectivity index (χ2n) is 6.13. The zero-order valence-electron chi connectivity index (χ0n) is 15.8. The highest BCUT2D eigenvalue weighted by Crippen LogP contribution is 2.43. The molecular formula is C20H29O6P. The summed E-state index contributed by atoms with van der Waals surface area (Å²) in [4.78, 5) is 9.55. The second kappa shape index (κ2) is 12.1. The lowest BCUT2D eigenvalue weighted by atomic mass is 10.1. The number of rotatable bonds is 14. The van der Waals surface area contributed by atoms with Crippen molar-refractivity contribution in [3.05, 3.63) is 42.5 Å². The Kier molecular flexibility index (Phi) is 9.81. The SMILES string of the molecule is CCCCCCOP(=O)(O)OCCOCCOc1cccc2ccccc12. The van der Waals surface area contributed by atoms with Crippen molar-refractivity contribution in [2.24, 2.45) is 0 Å². The normalized spacial score (nSPS) is 13.6. The first-order valence-electron chi connectivity index (χ1n) is 9.42. The third-order valence-corrected chi connectivity index (χ3v) is 4.99. The van der Waals surface area contributed by atoms with Gasteiger partial charge in [-0.3, -0.25) is 9.05 Å². The highest BCUT2D eigenvalue weighted by atomic mass is 31.2. The van der Waals surface area contributed by atoms with Crippen LogP contribution in [0.15, 0.2) is 42.5 Å². The molecule has 0 spiro atoms. The second-order valence-corrected chi connectivity index (χ2v) is 7.59. The maximum absolute atomic E-state index is 11.7. The van der Waals surface area contributed by atoms with Crippen molar-refractivity contribution in [1.29, 1.82) is 0 Å². The van der Waals surface area contributed by atoms with Crippen LogP contribution >= 0.6 is 7.82 Å². The molecule has 7 heteroatoms. The van der Waals surface area contributed by atoms with Gasteiger partial charge < -0.3 is 14.4 Å². The van der Waals surface area contributed by atoms with Crippen molar-refractivity contribution in [1.82, 2.24) is 0 Å². The Morgan fingerprint density at radius 2 is 1.59 bits per heavy atom. The molecule has 2 rings (SSSR count). The van der Waals surface area contributed by atoms with Gasteiger partial charge in [-0.05, 0) is 17.9 Å². The maximum Gasteiger partial charge on any atom is 0.472 e. The summed E-state index contributed by atoms with van der Waals surface area (Å²) in [7, 11) is -3.98. The van der Waals surface area contributed by atoms with Crippen molar-refractivity contribution in [2.45, 2.75) is 32.6 Å². The zero-order valence-corrected chi connectivity index (χ0v) is 16.7. The summed E-state index contributed by atoms with van der Waals surface area (Å²) < 4.78 is 32.6. The van der Waals surface area contributed by atoms with Crippen molar-refractivity contribution in [3.8, 4) is 5.75 Å². The number of phosphoric ester groups is 1. The molecule has 0 aliphatic heterocycles. The molecule has 0 bridgehead atoms. The van der Waals surface area contributed by atoms with Crippen LogP contribution in [0.3, 0.4) is 0 Å². The van der Waals surface area contributed by atoms with Gasteiger partial charge in [-0.1, -0.05) is 62.6 Å². The van der Waals surface area contributed by atoms with Crippen molar-refractivity contribution in [3.63, 3.8) is 0 Å². The number of benzene rings is 2. The average Bonchev–Trinajstić information content (AvgIpc) is 2.67. The van der Waals surface area contributed by atoms with Crippen LogP contribution in [0.25, 0.3) is 10.8 Å². The van der Waals surface area contributed by atoms with E-state index >= 15 is 0 Å². The van der Waals surface area contributed by atoms with E-state index in [0.717, 1.165) is 42.2 Å². The molecular weight excluding hydrogens is 367 g/mol. The Morgan fingerprint density at radius 3 is 2.44 bits per heavy atom. The minimum atomic E-state index is -3.98. The third-order valence-electron chi connectivity index (χ3n) is 3.97. The van der Waals surface area contributed by atoms with Crippen molar-refractivity contribution in [2.75, 3.05) is 33.0 Å². The number of phosphoric acid groups is 1. The Bertz CT molecular complexity index is 715. The molecule has 0 fully saturated rings. The first-order chi connectivity index (χ1) is 13.1. The van der Waals surface area contributed by atoms with Crippen LogP contribution in [0.4, 0.5) is 0 Å². The van der Waals surface area contributed by atoms with E-state index in [1.807, 2.05) is 42.5 Å². The molecule has 27 heavy (non-hydrogen) atoms. The van der Waals surface area contributed by atoms with Gasteiger partial charge in [0.1, 0.15) is 12.4 Å². The van der Waals surface area contributed by atoms with Gasteiger partial charge >= 0.3 is 7.82 Å². The summed E-state index contributed by atoms with van der Waals surface area (Å²) >= 11 is 0. The lowest BCUT2D eigenvalue weighted by Crippen LogP contribution is -2.11. The van der Waals surface area contributed by atoms with Crippen LogP contribution in [-0.2, 0) is 18.3 Å². The van der Waals surface area contributed by atoms with Gasteiger partial charge in [0.2, 0.25) is 0 Å². The first-order valence-corrected chi connectivity index (χ1v) is 10.9. The van der Waals surface area contributed by atoms with Gasteiger partial charge in [-0.25, -0.2) is 4.57 Å². The van der Waals surface area contributed by atoms with E-state index in [0.29, 0.717) is 13.2 Å². The Hall–Kier alpha value is -1.43. The Balaban J connectivity index is 1.56. The van der Waals surface area contributed by atoms with E-state index < -0.39 is 7.82 Å². The highest BCUT2D eigenvalue weighted by molar-refractivity contribution is 7.47. The lowest BCUT2D eigenvalue weighted by Gasteiger charge is -2.12. The molecule has 1 unspecified atom stereocenters. The fourth-order valence-electron chi connectivity index (χ4n) is 2.59.